The van der Waals surface area contributed by atoms with E-state index in [0.29, 0.717) is 34.3 Å². The number of hydrogen-bond donors (Lipinski definition) is 2. The zero-order chi connectivity index (χ0) is 17.8. The molecule has 25 heavy (non-hydrogen) atoms. The van der Waals surface area contributed by atoms with Gasteiger partial charge in [-0.3, -0.25) is 4.79 Å². The van der Waals surface area contributed by atoms with Gasteiger partial charge in [-0.15, -0.1) is 0 Å². The van der Waals surface area contributed by atoms with E-state index < -0.39 is 5.82 Å². The zero-order valence-corrected chi connectivity index (χ0v) is 14.6. The molecule has 2 N–H and O–H groups in total. The van der Waals surface area contributed by atoms with Crippen LogP contribution in [0.4, 0.5) is 10.2 Å². The maximum atomic E-state index is 13.7. The fourth-order valence-corrected chi connectivity index (χ4v) is 3.11. The topological polar surface area (TPSA) is 63.2 Å². The molecule has 1 aliphatic rings. The number of nitrogens with zero attached hydrogens (tertiary/aromatic N) is 1. The molecule has 1 saturated heterocycles. The Bertz CT molecular complexity index is 779. The summed E-state index contributed by atoms with van der Waals surface area (Å²) in [5, 5.41) is 6.37. The number of nitrogens with one attached hydrogen (secondary N) is 2. The van der Waals surface area contributed by atoms with Crippen LogP contribution in [0.2, 0.25) is 5.02 Å². The van der Waals surface area contributed by atoms with E-state index in [-0.39, 0.29) is 11.8 Å². The first kappa shape index (κ1) is 17.6. The van der Waals surface area contributed by atoms with Gasteiger partial charge in [0.05, 0.1) is 18.1 Å². The highest BCUT2D eigenvalue weighted by Gasteiger charge is 2.21. The molecule has 2 heterocycles. The lowest BCUT2D eigenvalue weighted by Gasteiger charge is -2.21. The molecular formula is C18H19ClFN3O2. The number of piperidine rings is 1. The number of methoxy groups -OCH3 is 1. The van der Waals surface area contributed by atoms with Crippen molar-refractivity contribution in [2.75, 3.05) is 25.5 Å². The van der Waals surface area contributed by atoms with Crippen LogP contribution in [-0.4, -0.2) is 31.1 Å². The summed E-state index contributed by atoms with van der Waals surface area (Å²) in [5.74, 6) is 0.296. The third-order valence-corrected chi connectivity index (χ3v) is 4.53. The molecule has 1 aliphatic heterocycles. The highest BCUT2D eigenvalue weighted by atomic mass is 35.5. The number of halogens is 2. The molecule has 0 spiro atoms. The van der Waals surface area contributed by atoms with Crippen molar-refractivity contribution in [2.45, 2.75) is 12.8 Å². The van der Waals surface area contributed by atoms with Gasteiger partial charge in [0.1, 0.15) is 17.4 Å². The van der Waals surface area contributed by atoms with E-state index in [2.05, 4.69) is 15.6 Å². The molecule has 1 fully saturated rings. The number of rotatable bonds is 4. The van der Waals surface area contributed by atoms with Crippen LogP contribution in [0.5, 0.6) is 5.75 Å². The third-order valence-electron chi connectivity index (χ3n) is 4.23. The largest absolute Gasteiger partial charge is 0.496 e. The van der Waals surface area contributed by atoms with Gasteiger partial charge in [-0.05, 0) is 43.7 Å². The number of benzene rings is 1. The SMILES string of the molecule is COc1ccc(F)cc1-c1cc(NC(=O)C2CCCNC2)ncc1Cl. The van der Waals surface area contributed by atoms with Crippen LogP contribution in [0.3, 0.4) is 0 Å². The predicted molar refractivity (Wildman–Crippen MR) is 95.4 cm³/mol. The normalized spacial score (nSPS) is 17.2. The lowest BCUT2D eigenvalue weighted by molar-refractivity contribution is -0.120. The van der Waals surface area contributed by atoms with E-state index in [9.17, 15) is 9.18 Å². The zero-order valence-electron chi connectivity index (χ0n) is 13.8. The van der Waals surface area contributed by atoms with E-state index in [4.69, 9.17) is 16.3 Å². The number of ether oxygens (including phenoxy) is 1. The molecule has 1 atom stereocenters. The predicted octanol–water partition coefficient (Wildman–Crippen LogP) is 3.49. The Labute approximate surface area is 150 Å². The highest BCUT2D eigenvalue weighted by Crippen LogP contribution is 2.36. The second-order valence-corrected chi connectivity index (χ2v) is 6.33. The summed E-state index contributed by atoms with van der Waals surface area (Å²) in [6.45, 7) is 1.59. The fourth-order valence-electron chi connectivity index (χ4n) is 2.91. The Morgan fingerprint density at radius 1 is 1.40 bits per heavy atom. The molecule has 5 nitrogen and oxygen atoms in total. The van der Waals surface area contributed by atoms with Crippen molar-refractivity contribution in [1.29, 1.82) is 0 Å². The number of carbonyl (C=O) groups excluding carboxylic acids is 1. The molecule has 1 aromatic heterocycles. The van der Waals surface area contributed by atoms with Gasteiger partial charge >= 0.3 is 0 Å². The van der Waals surface area contributed by atoms with Crippen molar-refractivity contribution in [1.82, 2.24) is 10.3 Å². The quantitative estimate of drug-likeness (QED) is 0.872. The summed E-state index contributed by atoms with van der Waals surface area (Å²) in [5.41, 5.74) is 1.05. The monoisotopic (exact) mass is 363 g/mol. The average Bonchev–Trinajstić information content (AvgIpc) is 2.64. The molecule has 0 bridgehead atoms. The molecular weight excluding hydrogens is 345 g/mol. The first-order valence-corrected chi connectivity index (χ1v) is 8.47. The first-order valence-electron chi connectivity index (χ1n) is 8.09. The minimum atomic E-state index is -0.400. The molecule has 1 aromatic carbocycles. The van der Waals surface area contributed by atoms with Gasteiger partial charge in [-0.2, -0.15) is 0 Å². The van der Waals surface area contributed by atoms with Gasteiger partial charge < -0.3 is 15.4 Å². The van der Waals surface area contributed by atoms with Gasteiger partial charge in [-0.25, -0.2) is 9.37 Å². The van der Waals surface area contributed by atoms with Crippen LogP contribution < -0.4 is 15.4 Å². The Hall–Kier alpha value is -2.18. The molecule has 132 valence electrons. The van der Waals surface area contributed by atoms with Gasteiger partial charge in [0, 0.05) is 23.9 Å². The minimum absolute atomic E-state index is 0.0841. The summed E-state index contributed by atoms with van der Waals surface area (Å²) in [7, 11) is 1.50. The molecule has 1 unspecified atom stereocenters. The third kappa shape index (κ3) is 4.08. The minimum Gasteiger partial charge on any atom is -0.496 e. The Morgan fingerprint density at radius 2 is 2.24 bits per heavy atom. The number of hydrogen-bond acceptors (Lipinski definition) is 4. The second kappa shape index (κ2) is 7.80. The van der Waals surface area contributed by atoms with Gasteiger partial charge in [-0.1, -0.05) is 11.6 Å². The number of carbonyl (C=O) groups is 1. The van der Waals surface area contributed by atoms with Crippen LogP contribution >= 0.6 is 11.6 Å². The van der Waals surface area contributed by atoms with E-state index in [1.165, 1.54) is 31.5 Å². The van der Waals surface area contributed by atoms with Crippen LogP contribution in [0.15, 0.2) is 30.5 Å². The molecule has 0 radical (unpaired) electrons. The lowest BCUT2D eigenvalue weighted by atomic mass is 9.99. The van der Waals surface area contributed by atoms with Gasteiger partial charge in [0.25, 0.3) is 0 Å². The summed E-state index contributed by atoms with van der Waals surface area (Å²) in [4.78, 5) is 16.5. The summed E-state index contributed by atoms with van der Waals surface area (Å²) >= 11 is 6.23. The maximum absolute atomic E-state index is 13.7. The van der Waals surface area contributed by atoms with E-state index in [1.807, 2.05) is 0 Å². The van der Waals surface area contributed by atoms with E-state index >= 15 is 0 Å². The summed E-state index contributed by atoms with van der Waals surface area (Å²) in [6, 6.07) is 5.83. The summed E-state index contributed by atoms with van der Waals surface area (Å²) in [6.07, 6.45) is 3.25. The van der Waals surface area contributed by atoms with Crippen molar-refractivity contribution in [3.63, 3.8) is 0 Å². The van der Waals surface area contributed by atoms with Crippen LogP contribution in [0.25, 0.3) is 11.1 Å². The lowest BCUT2D eigenvalue weighted by Crippen LogP contribution is -2.37. The number of amides is 1. The van der Waals surface area contributed by atoms with E-state index in [0.717, 1.165) is 19.4 Å². The van der Waals surface area contributed by atoms with Crippen molar-refractivity contribution in [3.05, 3.63) is 41.3 Å². The molecule has 3 rings (SSSR count). The second-order valence-electron chi connectivity index (χ2n) is 5.93. The van der Waals surface area contributed by atoms with E-state index in [1.54, 1.807) is 6.07 Å². The Balaban J connectivity index is 1.88. The average molecular weight is 364 g/mol. The molecule has 7 heteroatoms. The molecule has 1 amide bonds. The number of aromatic nitrogens is 1. The maximum Gasteiger partial charge on any atom is 0.229 e. The van der Waals surface area contributed by atoms with Crippen LogP contribution in [-0.2, 0) is 4.79 Å². The number of pyridine rings is 1. The van der Waals surface area contributed by atoms with Crippen molar-refractivity contribution >= 4 is 23.3 Å². The van der Waals surface area contributed by atoms with Crippen LogP contribution in [0.1, 0.15) is 12.8 Å². The fraction of sp³-hybridized carbons (Fsp3) is 0.333. The standard InChI is InChI=1S/C18H19ClFN3O2/c1-25-16-5-4-12(20)7-14(16)13-8-17(22-10-15(13)19)23-18(24)11-3-2-6-21-9-11/h4-5,7-8,10-11,21H,2-3,6,9H2,1H3,(H,22,23,24). The van der Waals surface area contributed by atoms with Crippen molar-refractivity contribution < 1.29 is 13.9 Å². The highest BCUT2D eigenvalue weighted by molar-refractivity contribution is 6.33. The smallest absolute Gasteiger partial charge is 0.229 e. The Morgan fingerprint density at radius 3 is 2.96 bits per heavy atom. The van der Waals surface area contributed by atoms with Crippen LogP contribution in [0, 0.1) is 11.7 Å². The van der Waals surface area contributed by atoms with Gasteiger partial charge in [0.15, 0.2) is 0 Å². The summed E-state index contributed by atoms with van der Waals surface area (Å²) < 4.78 is 18.9. The first-order chi connectivity index (χ1) is 12.1. The molecule has 2 aromatic rings. The molecule has 0 aliphatic carbocycles. The van der Waals surface area contributed by atoms with Gasteiger partial charge in [0.2, 0.25) is 5.91 Å². The van der Waals surface area contributed by atoms with Crippen molar-refractivity contribution in [3.8, 4) is 16.9 Å². The molecule has 0 saturated carbocycles. The Kier molecular flexibility index (Phi) is 5.50. The van der Waals surface area contributed by atoms with Crippen molar-refractivity contribution in [2.24, 2.45) is 5.92 Å². The number of anilines is 1.